The van der Waals surface area contributed by atoms with Crippen molar-refractivity contribution in [1.82, 2.24) is 10.0 Å². The van der Waals surface area contributed by atoms with Crippen LogP contribution in [0.1, 0.15) is 13.8 Å². The van der Waals surface area contributed by atoms with Crippen molar-refractivity contribution in [2.45, 2.75) is 24.8 Å². The second-order valence-electron chi connectivity index (χ2n) is 4.74. The summed E-state index contributed by atoms with van der Waals surface area (Å²) in [5, 5.41) is 3.24. The molecule has 0 unspecified atom stereocenters. The number of ether oxygens (including phenoxy) is 2. The van der Waals surface area contributed by atoms with E-state index in [1.54, 1.807) is 0 Å². The van der Waals surface area contributed by atoms with Gasteiger partial charge in [-0.15, -0.1) is 0 Å². The molecule has 0 amide bonds. The Hall–Kier alpha value is -1.02. The fraction of sp³-hybridized carbons (Fsp3) is 0.538. The van der Waals surface area contributed by atoms with Gasteiger partial charge in [-0.2, -0.15) is 0 Å². The van der Waals surface area contributed by atoms with Crippen LogP contribution in [0.25, 0.3) is 0 Å². The molecule has 0 aliphatic carbocycles. The Labute approximate surface area is 129 Å². The van der Waals surface area contributed by atoms with Crippen LogP contribution in [-0.4, -0.2) is 40.8 Å². The Morgan fingerprint density at radius 3 is 2.52 bits per heavy atom. The number of hydrogen-bond donors (Lipinski definition) is 2. The smallest absolute Gasteiger partial charge is 0.242 e. The van der Waals surface area contributed by atoms with Crippen LogP contribution in [0, 0.1) is 0 Å². The number of halogens is 1. The molecule has 118 valence electrons. The molecule has 0 saturated heterocycles. The maximum absolute atomic E-state index is 12.3. The summed E-state index contributed by atoms with van der Waals surface area (Å²) in [6, 6.07) is 2.90. The summed E-state index contributed by atoms with van der Waals surface area (Å²) in [5.41, 5.74) is 0. The van der Waals surface area contributed by atoms with Gasteiger partial charge in [0, 0.05) is 24.7 Å². The highest BCUT2D eigenvalue weighted by Crippen LogP contribution is 2.37. The zero-order valence-corrected chi connectivity index (χ0v) is 13.6. The first-order valence-corrected chi connectivity index (χ1v) is 8.62. The van der Waals surface area contributed by atoms with Crippen LogP contribution in [0.4, 0.5) is 0 Å². The van der Waals surface area contributed by atoms with Gasteiger partial charge < -0.3 is 14.8 Å². The molecule has 0 fully saturated rings. The lowest BCUT2D eigenvalue weighted by Gasteiger charge is -2.20. The summed E-state index contributed by atoms with van der Waals surface area (Å²) in [6.45, 7) is 5.72. The molecule has 1 atom stereocenters. The lowest BCUT2D eigenvalue weighted by Crippen LogP contribution is -2.38. The van der Waals surface area contributed by atoms with Crippen molar-refractivity contribution in [2.75, 3.05) is 26.3 Å². The summed E-state index contributed by atoms with van der Waals surface area (Å²) >= 11 is 6.05. The van der Waals surface area contributed by atoms with Crippen molar-refractivity contribution in [3.63, 3.8) is 0 Å². The van der Waals surface area contributed by atoms with Gasteiger partial charge in [-0.05, 0) is 13.5 Å². The Morgan fingerprint density at radius 2 is 1.90 bits per heavy atom. The van der Waals surface area contributed by atoms with Crippen molar-refractivity contribution in [1.29, 1.82) is 0 Å². The van der Waals surface area contributed by atoms with Crippen molar-refractivity contribution in [3.05, 3.63) is 17.2 Å². The molecule has 0 saturated carbocycles. The first-order valence-electron chi connectivity index (χ1n) is 6.76. The maximum Gasteiger partial charge on any atom is 0.242 e. The minimum Gasteiger partial charge on any atom is -0.486 e. The van der Waals surface area contributed by atoms with Crippen molar-refractivity contribution < 1.29 is 17.9 Å². The molecule has 1 aliphatic heterocycles. The molecule has 2 N–H and O–H groups in total. The average Bonchev–Trinajstić information content (AvgIpc) is 2.45. The van der Waals surface area contributed by atoms with Gasteiger partial charge in [0.1, 0.15) is 18.1 Å². The third kappa shape index (κ3) is 4.00. The van der Waals surface area contributed by atoms with Crippen LogP contribution >= 0.6 is 11.6 Å². The Balaban J connectivity index is 2.19. The minimum atomic E-state index is -3.70. The van der Waals surface area contributed by atoms with Gasteiger partial charge in [-0.1, -0.05) is 18.5 Å². The van der Waals surface area contributed by atoms with Gasteiger partial charge in [0.05, 0.1) is 5.02 Å². The van der Waals surface area contributed by atoms with Gasteiger partial charge >= 0.3 is 0 Å². The monoisotopic (exact) mass is 334 g/mol. The quantitative estimate of drug-likeness (QED) is 0.822. The van der Waals surface area contributed by atoms with Crippen LogP contribution in [0.15, 0.2) is 17.0 Å². The van der Waals surface area contributed by atoms with Crippen molar-refractivity contribution >= 4 is 21.6 Å². The first kappa shape index (κ1) is 16.4. The van der Waals surface area contributed by atoms with Crippen LogP contribution in [-0.2, 0) is 10.0 Å². The fourth-order valence-corrected chi connectivity index (χ4v) is 3.65. The fourth-order valence-electron chi connectivity index (χ4n) is 1.98. The standard InChI is InChI=1S/C13H19ClN2O4S/c1-3-15-9(2)8-16-21(17,18)13-7-12-11(6-10(13)14)19-4-5-20-12/h6-7,9,15-16H,3-5,8H2,1-2H3/t9-/m1/s1. The molecule has 0 aromatic heterocycles. The van der Waals surface area contributed by atoms with E-state index in [4.69, 9.17) is 21.1 Å². The molecule has 1 aliphatic rings. The van der Waals surface area contributed by atoms with Gasteiger partial charge in [0.2, 0.25) is 10.0 Å². The summed E-state index contributed by atoms with van der Waals surface area (Å²) in [5.74, 6) is 0.858. The van der Waals surface area contributed by atoms with Crippen molar-refractivity contribution in [3.8, 4) is 11.5 Å². The highest BCUT2D eigenvalue weighted by molar-refractivity contribution is 7.89. The maximum atomic E-state index is 12.3. The first-order chi connectivity index (χ1) is 9.94. The SMILES string of the molecule is CCN[C@H](C)CNS(=O)(=O)c1cc2c(cc1Cl)OCCO2. The van der Waals surface area contributed by atoms with Crippen LogP contribution in [0.5, 0.6) is 11.5 Å². The van der Waals surface area contributed by atoms with Crippen molar-refractivity contribution in [2.24, 2.45) is 0 Å². The molecule has 0 radical (unpaired) electrons. The Bertz CT molecular complexity index is 606. The summed E-state index contributed by atoms with van der Waals surface area (Å²) in [7, 11) is -3.70. The second kappa shape index (κ2) is 6.83. The van der Waals surface area contributed by atoms with Crippen LogP contribution < -0.4 is 19.5 Å². The van der Waals surface area contributed by atoms with Gasteiger partial charge in [-0.25, -0.2) is 13.1 Å². The third-order valence-electron chi connectivity index (χ3n) is 3.02. The molecule has 1 heterocycles. The van der Waals surface area contributed by atoms with E-state index in [-0.39, 0.29) is 22.5 Å². The number of sulfonamides is 1. The average molecular weight is 335 g/mol. The number of rotatable bonds is 6. The number of likely N-dealkylation sites (N-methyl/N-ethyl adjacent to an activating group) is 1. The summed E-state index contributed by atoms with van der Waals surface area (Å²) in [6.07, 6.45) is 0. The summed E-state index contributed by atoms with van der Waals surface area (Å²) < 4.78 is 37.9. The van der Waals surface area contributed by atoms with E-state index < -0.39 is 10.0 Å². The van der Waals surface area contributed by atoms with Gasteiger partial charge in [0.25, 0.3) is 0 Å². The van der Waals surface area contributed by atoms with E-state index >= 15 is 0 Å². The Kier molecular flexibility index (Phi) is 5.32. The lowest BCUT2D eigenvalue weighted by atomic mass is 10.3. The molecule has 21 heavy (non-hydrogen) atoms. The zero-order chi connectivity index (χ0) is 15.5. The topological polar surface area (TPSA) is 76.7 Å². The molecule has 1 aromatic rings. The zero-order valence-electron chi connectivity index (χ0n) is 12.0. The van der Waals surface area contributed by atoms with Crippen LogP contribution in [0.2, 0.25) is 5.02 Å². The molecule has 1 aromatic carbocycles. The number of hydrogen-bond acceptors (Lipinski definition) is 5. The van der Waals surface area contributed by atoms with Gasteiger partial charge in [0.15, 0.2) is 11.5 Å². The predicted molar refractivity (Wildman–Crippen MR) is 80.8 cm³/mol. The number of nitrogens with one attached hydrogen (secondary N) is 2. The van der Waals surface area contributed by atoms with E-state index in [0.29, 0.717) is 24.7 Å². The van der Waals surface area contributed by atoms with Crippen LogP contribution in [0.3, 0.4) is 0 Å². The molecular formula is C13H19ClN2O4S. The largest absolute Gasteiger partial charge is 0.486 e. The van der Waals surface area contributed by atoms with E-state index in [1.807, 2.05) is 13.8 Å². The third-order valence-corrected chi connectivity index (χ3v) is 4.91. The molecule has 8 heteroatoms. The predicted octanol–water partition coefficient (Wildman–Crippen LogP) is 1.39. The highest BCUT2D eigenvalue weighted by atomic mass is 35.5. The summed E-state index contributed by atoms with van der Waals surface area (Å²) in [4.78, 5) is -0.00267. The molecule has 0 bridgehead atoms. The molecule has 6 nitrogen and oxygen atoms in total. The van der Waals surface area contributed by atoms with E-state index in [0.717, 1.165) is 6.54 Å². The Morgan fingerprint density at radius 1 is 1.29 bits per heavy atom. The van der Waals surface area contributed by atoms with E-state index in [2.05, 4.69) is 10.0 Å². The van der Waals surface area contributed by atoms with E-state index in [1.165, 1.54) is 12.1 Å². The lowest BCUT2D eigenvalue weighted by molar-refractivity contribution is 0.171. The molecule has 2 rings (SSSR count). The molecular weight excluding hydrogens is 316 g/mol. The van der Waals surface area contributed by atoms with Gasteiger partial charge in [-0.3, -0.25) is 0 Å². The van der Waals surface area contributed by atoms with E-state index in [9.17, 15) is 8.42 Å². The second-order valence-corrected chi connectivity index (χ2v) is 6.88. The normalized spacial score (nSPS) is 15.8. The number of fused-ring (bicyclic) bond motifs is 1. The molecule has 0 spiro atoms. The number of benzene rings is 1. The highest BCUT2D eigenvalue weighted by Gasteiger charge is 2.23. The minimum absolute atomic E-state index is 0.00267.